The van der Waals surface area contributed by atoms with Crippen LogP contribution in [-0.2, 0) is 5.60 Å². The molecule has 2 N–H and O–H groups in total. The van der Waals surface area contributed by atoms with Crippen LogP contribution in [0.4, 0.5) is 4.39 Å². The van der Waals surface area contributed by atoms with Crippen molar-refractivity contribution in [1.82, 2.24) is 9.38 Å². The van der Waals surface area contributed by atoms with Gasteiger partial charge >= 0.3 is 5.97 Å². The standard InChI is InChI=1S/C11H11FN2O3/c1-11(2,17)6-3-4-14-7(10(15)16)5-13-9(14)8(6)12/h3-5,17H,1-2H3,(H,15,16). The van der Waals surface area contributed by atoms with E-state index in [-0.39, 0.29) is 16.9 Å². The Morgan fingerprint density at radius 3 is 2.71 bits per heavy atom. The molecule has 0 aliphatic rings. The molecule has 0 saturated heterocycles. The molecule has 0 aliphatic carbocycles. The van der Waals surface area contributed by atoms with Crippen molar-refractivity contribution in [1.29, 1.82) is 0 Å². The van der Waals surface area contributed by atoms with E-state index in [1.165, 1.54) is 26.1 Å². The summed E-state index contributed by atoms with van der Waals surface area (Å²) in [6.07, 6.45) is 2.46. The maximum Gasteiger partial charge on any atom is 0.354 e. The largest absolute Gasteiger partial charge is 0.477 e. The van der Waals surface area contributed by atoms with Crippen molar-refractivity contribution in [2.45, 2.75) is 19.4 Å². The van der Waals surface area contributed by atoms with Gasteiger partial charge in [0.15, 0.2) is 17.2 Å². The molecule has 2 aromatic heterocycles. The van der Waals surface area contributed by atoms with Crippen LogP contribution in [0.1, 0.15) is 29.9 Å². The zero-order valence-corrected chi connectivity index (χ0v) is 9.31. The van der Waals surface area contributed by atoms with E-state index in [0.29, 0.717) is 0 Å². The average molecular weight is 238 g/mol. The van der Waals surface area contributed by atoms with E-state index >= 15 is 0 Å². The monoisotopic (exact) mass is 238 g/mol. The number of carboxylic acids is 1. The molecule has 0 fully saturated rings. The molecule has 2 rings (SSSR count). The van der Waals surface area contributed by atoms with Crippen LogP contribution < -0.4 is 0 Å². The maximum atomic E-state index is 14.0. The quantitative estimate of drug-likeness (QED) is 0.829. The number of aromatic carboxylic acids is 1. The molecule has 0 spiro atoms. The summed E-state index contributed by atoms with van der Waals surface area (Å²) in [5, 5.41) is 18.6. The van der Waals surface area contributed by atoms with E-state index < -0.39 is 17.4 Å². The molecule has 0 aliphatic heterocycles. The molecule has 6 heteroatoms. The van der Waals surface area contributed by atoms with Gasteiger partial charge in [0.05, 0.1) is 11.8 Å². The van der Waals surface area contributed by atoms with Crippen LogP contribution in [0.25, 0.3) is 5.65 Å². The number of carbonyl (C=O) groups is 1. The number of halogens is 1. The van der Waals surface area contributed by atoms with Crippen LogP contribution in [0, 0.1) is 5.82 Å². The van der Waals surface area contributed by atoms with Gasteiger partial charge < -0.3 is 10.2 Å². The Bertz CT molecular complexity index is 599. The maximum absolute atomic E-state index is 14.0. The van der Waals surface area contributed by atoms with Gasteiger partial charge in [0.1, 0.15) is 0 Å². The van der Waals surface area contributed by atoms with Gasteiger partial charge in [-0.15, -0.1) is 0 Å². The number of carboxylic acid groups (broad SMARTS) is 1. The van der Waals surface area contributed by atoms with E-state index in [0.717, 1.165) is 10.6 Å². The lowest BCUT2D eigenvalue weighted by Gasteiger charge is -2.18. The van der Waals surface area contributed by atoms with Crippen LogP contribution in [0.2, 0.25) is 0 Å². The highest BCUT2D eigenvalue weighted by molar-refractivity contribution is 5.86. The number of nitrogens with zero attached hydrogens (tertiary/aromatic N) is 2. The lowest BCUT2D eigenvalue weighted by atomic mass is 9.99. The topological polar surface area (TPSA) is 74.8 Å². The van der Waals surface area contributed by atoms with E-state index in [9.17, 15) is 14.3 Å². The summed E-state index contributed by atoms with van der Waals surface area (Å²) in [6, 6.07) is 1.34. The van der Waals surface area contributed by atoms with Crippen LogP contribution in [0.3, 0.4) is 0 Å². The number of aliphatic hydroxyl groups is 1. The van der Waals surface area contributed by atoms with Crippen molar-refractivity contribution >= 4 is 11.6 Å². The van der Waals surface area contributed by atoms with Crippen LogP contribution in [0.15, 0.2) is 18.5 Å². The second-order valence-electron chi connectivity index (χ2n) is 4.24. The third kappa shape index (κ3) is 1.76. The molecule has 90 valence electrons. The minimum atomic E-state index is -1.35. The predicted molar refractivity (Wildman–Crippen MR) is 57.4 cm³/mol. The molecule has 0 radical (unpaired) electrons. The van der Waals surface area contributed by atoms with Gasteiger partial charge in [0, 0.05) is 11.8 Å². The van der Waals surface area contributed by atoms with Crippen molar-refractivity contribution in [2.24, 2.45) is 0 Å². The minimum absolute atomic E-state index is 0.0764. The van der Waals surface area contributed by atoms with E-state index in [4.69, 9.17) is 5.11 Å². The average Bonchev–Trinajstić information content (AvgIpc) is 2.60. The number of hydrogen-bond donors (Lipinski definition) is 2. The summed E-state index contributed by atoms with van der Waals surface area (Å²) < 4.78 is 15.1. The summed E-state index contributed by atoms with van der Waals surface area (Å²) in [6.45, 7) is 2.89. The Morgan fingerprint density at radius 2 is 2.18 bits per heavy atom. The third-order valence-electron chi connectivity index (χ3n) is 2.50. The Labute approximate surface area is 96.1 Å². The van der Waals surface area contributed by atoms with Gasteiger partial charge in [0.25, 0.3) is 0 Å². The summed E-state index contributed by atoms with van der Waals surface area (Å²) in [5.41, 5.74) is -1.50. The van der Waals surface area contributed by atoms with Crippen LogP contribution in [0.5, 0.6) is 0 Å². The number of imidazole rings is 1. The highest BCUT2D eigenvalue weighted by atomic mass is 19.1. The third-order valence-corrected chi connectivity index (χ3v) is 2.50. The molecule has 17 heavy (non-hydrogen) atoms. The van der Waals surface area contributed by atoms with Crippen LogP contribution in [-0.4, -0.2) is 25.6 Å². The number of pyridine rings is 1. The van der Waals surface area contributed by atoms with Crippen molar-refractivity contribution in [3.05, 3.63) is 35.5 Å². The first kappa shape index (κ1) is 11.5. The molecule has 2 heterocycles. The first-order chi connectivity index (χ1) is 7.82. The Kier molecular flexibility index (Phi) is 2.39. The van der Waals surface area contributed by atoms with E-state index in [1.807, 2.05) is 0 Å². The van der Waals surface area contributed by atoms with Crippen molar-refractivity contribution < 1.29 is 19.4 Å². The summed E-state index contributed by atoms with van der Waals surface area (Å²) >= 11 is 0. The first-order valence-electron chi connectivity index (χ1n) is 4.94. The normalized spacial score (nSPS) is 12.0. The Hall–Kier alpha value is -1.95. The Balaban J connectivity index is 2.75. The lowest BCUT2D eigenvalue weighted by molar-refractivity contribution is 0.0689. The molecule has 2 aromatic rings. The molecule has 0 atom stereocenters. The highest BCUT2D eigenvalue weighted by Crippen LogP contribution is 2.25. The van der Waals surface area contributed by atoms with Gasteiger partial charge in [-0.2, -0.15) is 0 Å². The van der Waals surface area contributed by atoms with Gasteiger partial charge in [0.2, 0.25) is 0 Å². The Morgan fingerprint density at radius 1 is 1.53 bits per heavy atom. The van der Waals surface area contributed by atoms with Crippen molar-refractivity contribution in [3.8, 4) is 0 Å². The van der Waals surface area contributed by atoms with Gasteiger partial charge in [-0.05, 0) is 19.9 Å². The molecule has 0 unspecified atom stereocenters. The highest BCUT2D eigenvalue weighted by Gasteiger charge is 2.24. The fourth-order valence-corrected chi connectivity index (χ4v) is 1.65. The van der Waals surface area contributed by atoms with Crippen molar-refractivity contribution in [2.75, 3.05) is 0 Å². The summed E-state index contributed by atoms with van der Waals surface area (Å²) in [4.78, 5) is 14.5. The molecule has 0 bridgehead atoms. The fraction of sp³-hybridized carbons (Fsp3) is 0.273. The lowest BCUT2D eigenvalue weighted by Crippen LogP contribution is -2.18. The molecule has 0 aromatic carbocycles. The number of fused-ring (bicyclic) bond motifs is 1. The number of rotatable bonds is 2. The smallest absolute Gasteiger partial charge is 0.354 e. The zero-order chi connectivity index (χ0) is 12.8. The first-order valence-corrected chi connectivity index (χ1v) is 4.94. The predicted octanol–water partition coefficient (Wildman–Crippen LogP) is 1.40. The molecule has 5 nitrogen and oxygen atoms in total. The number of hydrogen-bond acceptors (Lipinski definition) is 3. The van der Waals surface area contributed by atoms with E-state index in [1.54, 1.807) is 0 Å². The van der Waals surface area contributed by atoms with Gasteiger partial charge in [-0.1, -0.05) is 0 Å². The van der Waals surface area contributed by atoms with Crippen LogP contribution >= 0.6 is 0 Å². The minimum Gasteiger partial charge on any atom is -0.477 e. The second-order valence-corrected chi connectivity index (χ2v) is 4.24. The fourth-order valence-electron chi connectivity index (χ4n) is 1.65. The van der Waals surface area contributed by atoms with Gasteiger partial charge in [-0.25, -0.2) is 14.2 Å². The second kappa shape index (κ2) is 3.53. The molecule has 0 saturated carbocycles. The number of aromatic nitrogens is 2. The molecule has 0 amide bonds. The zero-order valence-electron chi connectivity index (χ0n) is 9.31. The van der Waals surface area contributed by atoms with E-state index in [2.05, 4.69) is 4.98 Å². The summed E-state index contributed by atoms with van der Waals surface area (Å²) in [7, 11) is 0. The SMILES string of the molecule is CC(C)(O)c1ccn2c(C(=O)O)cnc2c1F. The van der Waals surface area contributed by atoms with Crippen molar-refractivity contribution in [3.63, 3.8) is 0 Å². The molecular weight excluding hydrogens is 227 g/mol. The summed E-state index contributed by atoms with van der Waals surface area (Å²) in [5.74, 6) is -1.90. The van der Waals surface area contributed by atoms with Gasteiger partial charge in [-0.3, -0.25) is 4.40 Å². The molecular formula is C11H11FN2O3.